The Bertz CT molecular complexity index is 606. The molecule has 5 heteroatoms. The van der Waals surface area contributed by atoms with Crippen LogP contribution in [0.2, 0.25) is 0 Å². The Kier molecular flexibility index (Phi) is 6.43. The summed E-state index contributed by atoms with van der Waals surface area (Å²) in [5.74, 6) is 0.637. The van der Waals surface area contributed by atoms with E-state index in [1.54, 1.807) is 4.90 Å². The van der Waals surface area contributed by atoms with Crippen LogP contribution in [-0.2, 0) is 9.47 Å². The largest absolute Gasteiger partial charge is 0.444 e. The molecule has 2 N–H and O–H groups in total. The van der Waals surface area contributed by atoms with Crippen LogP contribution in [0.4, 0.5) is 4.79 Å². The molecule has 5 nitrogen and oxygen atoms in total. The van der Waals surface area contributed by atoms with E-state index in [-0.39, 0.29) is 24.3 Å². The summed E-state index contributed by atoms with van der Waals surface area (Å²) in [6.45, 7) is 6.80. The molecule has 0 aromatic heterocycles. The maximum absolute atomic E-state index is 12.5. The monoisotopic (exact) mass is 374 g/mol. The fourth-order valence-electron chi connectivity index (χ4n) is 4.16. The first-order valence-electron chi connectivity index (χ1n) is 10.3. The van der Waals surface area contributed by atoms with Gasteiger partial charge >= 0.3 is 6.09 Å². The molecule has 2 aliphatic rings. The summed E-state index contributed by atoms with van der Waals surface area (Å²) < 4.78 is 11.7. The van der Waals surface area contributed by atoms with Crippen LogP contribution in [0.5, 0.6) is 0 Å². The Morgan fingerprint density at radius 2 is 1.78 bits per heavy atom. The van der Waals surface area contributed by atoms with Crippen molar-refractivity contribution < 1.29 is 14.3 Å². The minimum Gasteiger partial charge on any atom is -0.444 e. The SMILES string of the molecule is CC(C)(C)OC(=O)N1CC[C@H](N)[C@@H]1COC1CCC(c2ccccc2)CC1. The highest BCUT2D eigenvalue weighted by atomic mass is 16.6. The van der Waals surface area contributed by atoms with Crippen molar-refractivity contribution in [1.82, 2.24) is 4.90 Å². The second-order valence-corrected chi connectivity index (χ2v) is 8.91. The number of nitrogens with two attached hydrogens (primary N) is 1. The van der Waals surface area contributed by atoms with Crippen LogP contribution in [0.3, 0.4) is 0 Å². The van der Waals surface area contributed by atoms with Gasteiger partial charge in [0.25, 0.3) is 0 Å². The van der Waals surface area contributed by atoms with Gasteiger partial charge in [-0.25, -0.2) is 4.79 Å². The van der Waals surface area contributed by atoms with E-state index in [9.17, 15) is 4.79 Å². The molecule has 0 unspecified atom stereocenters. The summed E-state index contributed by atoms with van der Waals surface area (Å²) in [5.41, 5.74) is 7.20. The van der Waals surface area contributed by atoms with Gasteiger partial charge in [-0.05, 0) is 64.4 Å². The lowest BCUT2D eigenvalue weighted by Gasteiger charge is -2.33. The van der Waals surface area contributed by atoms with Gasteiger partial charge in [0.1, 0.15) is 5.60 Å². The van der Waals surface area contributed by atoms with Crippen LogP contribution >= 0.6 is 0 Å². The van der Waals surface area contributed by atoms with E-state index >= 15 is 0 Å². The van der Waals surface area contributed by atoms with Crippen molar-refractivity contribution in [2.24, 2.45) is 5.73 Å². The van der Waals surface area contributed by atoms with Gasteiger partial charge < -0.3 is 20.1 Å². The number of rotatable bonds is 4. The zero-order chi connectivity index (χ0) is 19.4. The van der Waals surface area contributed by atoms with E-state index < -0.39 is 5.60 Å². The third-order valence-corrected chi connectivity index (χ3v) is 5.67. The third-order valence-electron chi connectivity index (χ3n) is 5.67. The zero-order valence-electron chi connectivity index (χ0n) is 16.9. The van der Waals surface area contributed by atoms with Crippen LogP contribution in [0.25, 0.3) is 0 Å². The van der Waals surface area contributed by atoms with E-state index in [4.69, 9.17) is 15.2 Å². The minimum absolute atomic E-state index is 0.0434. The number of carbonyl (C=O) groups is 1. The molecule has 1 aliphatic carbocycles. The van der Waals surface area contributed by atoms with Gasteiger partial charge in [0, 0.05) is 12.6 Å². The normalized spacial score (nSPS) is 29.0. The highest BCUT2D eigenvalue weighted by Gasteiger charge is 2.38. The molecule has 0 bridgehead atoms. The van der Waals surface area contributed by atoms with Crippen molar-refractivity contribution in [3.8, 4) is 0 Å². The molecule has 0 spiro atoms. The number of ether oxygens (including phenoxy) is 2. The molecule has 1 amide bonds. The maximum atomic E-state index is 12.5. The molecule has 1 aromatic rings. The van der Waals surface area contributed by atoms with Crippen molar-refractivity contribution >= 4 is 6.09 Å². The smallest absolute Gasteiger partial charge is 0.410 e. The highest BCUT2D eigenvalue weighted by molar-refractivity contribution is 5.69. The zero-order valence-corrected chi connectivity index (χ0v) is 16.9. The van der Waals surface area contributed by atoms with Gasteiger partial charge in [-0.1, -0.05) is 30.3 Å². The number of hydrogen-bond donors (Lipinski definition) is 1. The van der Waals surface area contributed by atoms with Crippen molar-refractivity contribution in [1.29, 1.82) is 0 Å². The predicted molar refractivity (Wildman–Crippen MR) is 107 cm³/mol. The lowest BCUT2D eigenvalue weighted by molar-refractivity contribution is -0.0180. The van der Waals surface area contributed by atoms with Gasteiger partial charge in [-0.3, -0.25) is 0 Å². The van der Waals surface area contributed by atoms with Gasteiger partial charge in [-0.2, -0.15) is 0 Å². The Balaban J connectivity index is 1.48. The summed E-state index contributed by atoms with van der Waals surface area (Å²) in [7, 11) is 0. The van der Waals surface area contributed by atoms with Crippen LogP contribution < -0.4 is 5.73 Å². The van der Waals surface area contributed by atoms with Gasteiger partial charge in [0.15, 0.2) is 0 Å². The Morgan fingerprint density at radius 1 is 1.11 bits per heavy atom. The molecule has 1 aliphatic heterocycles. The molecule has 1 aromatic carbocycles. The van der Waals surface area contributed by atoms with Crippen LogP contribution in [0, 0.1) is 0 Å². The fraction of sp³-hybridized carbons (Fsp3) is 0.682. The van der Waals surface area contributed by atoms with Crippen molar-refractivity contribution in [3.05, 3.63) is 35.9 Å². The lowest BCUT2D eigenvalue weighted by atomic mass is 9.83. The number of carbonyl (C=O) groups excluding carboxylic acids is 1. The Hall–Kier alpha value is -1.59. The predicted octanol–water partition coefficient (Wildman–Crippen LogP) is 4.07. The molecule has 27 heavy (non-hydrogen) atoms. The minimum atomic E-state index is -0.495. The van der Waals surface area contributed by atoms with E-state index in [2.05, 4.69) is 30.3 Å². The maximum Gasteiger partial charge on any atom is 0.410 e. The molecular weight excluding hydrogens is 340 g/mol. The molecule has 0 radical (unpaired) electrons. The van der Waals surface area contributed by atoms with Crippen molar-refractivity contribution in [2.75, 3.05) is 13.2 Å². The van der Waals surface area contributed by atoms with E-state index in [0.717, 1.165) is 32.1 Å². The standard InChI is InChI=1S/C22H34N2O3/c1-22(2,3)27-21(25)24-14-13-19(23)20(24)15-26-18-11-9-17(10-12-18)16-7-5-4-6-8-16/h4-8,17-20H,9-15,23H2,1-3H3/t17?,18?,19-,20-/m0/s1. The number of likely N-dealkylation sites (tertiary alicyclic amines) is 1. The Labute approximate surface area is 163 Å². The molecule has 3 rings (SSSR count). The van der Waals surface area contributed by atoms with Crippen molar-refractivity contribution in [3.63, 3.8) is 0 Å². The molecule has 1 saturated carbocycles. The average molecular weight is 375 g/mol. The quantitative estimate of drug-likeness (QED) is 0.863. The number of amides is 1. The average Bonchev–Trinajstić information content (AvgIpc) is 3.00. The van der Waals surface area contributed by atoms with E-state index in [1.165, 1.54) is 5.56 Å². The summed E-state index contributed by atoms with van der Waals surface area (Å²) in [6, 6.07) is 10.6. The molecule has 2 fully saturated rings. The molecule has 150 valence electrons. The molecule has 1 saturated heterocycles. The summed E-state index contributed by atoms with van der Waals surface area (Å²) in [5, 5.41) is 0. The second-order valence-electron chi connectivity index (χ2n) is 8.91. The third kappa shape index (κ3) is 5.45. The summed E-state index contributed by atoms with van der Waals surface area (Å²) in [4.78, 5) is 14.2. The van der Waals surface area contributed by atoms with Crippen LogP contribution in [0.1, 0.15) is 64.4 Å². The first kappa shape index (κ1) is 20.2. The van der Waals surface area contributed by atoms with Gasteiger partial charge in [0.2, 0.25) is 0 Å². The molecule has 1 heterocycles. The lowest BCUT2D eigenvalue weighted by Crippen LogP contribution is -2.48. The first-order chi connectivity index (χ1) is 12.8. The molecule has 2 atom stereocenters. The topological polar surface area (TPSA) is 64.8 Å². The van der Waals surface area contributed by atoms with Crippen molar-refractivity contribution in [2.45, 2.75) is 82.6 Å². The second kappa shape index (κ2) is 8.61. The fourth-order valence-corrected chi connectivity index (χ4v) is 4.16. The van der Waals surface area contributed by atoms with Crippen LogP contribution in [-0.4, -0.2) is 47.9 Å². The first-order valence-corrected chi connectivity index (χ1v) is 10.3. The number of nitrogens with zero attached hydrogens (tertiary/aromatic N) is 1. The summed E-state index contributed by atoms with van der Waals surface area (Å²) in [6.07, 6.45) is 5.22. The number of benzene rings is 1. The number of hydrogen-bond acceptors (Lipinski definition) is 4. The highest BCUT2D eigenvalue weighted by Crippen LogP contribution is 2.34. The van der Waals surface area contributed by atoms with Crippen LogP contribution in [0.15, 0.2) is 30.3 Å². The van der Waals surface area contributed by atoms with Gasteiger partial charge in [-0.15, -0.1) is 0 Å². The molecular formula is C22H34N2O3. The van der Waals surface area contributed by atoms with Gasteiger partial charge in [0.05, 0.1) is 18.8 Å². The summed E-state index contributed by atoms with van der Waals surface area (Å²) >= 11 is 0. The van der Waals surface area contributed by atoms with E-state index in [1.807, 2.05) is 20.8 Å². The van der Waals surface area contributed by atoms with E-state index in [0.29, 0.717) is 19.1 Å². The Morgan fingerprint density at radius 3 is 2.41 bits per heavy atom.